The quantitative estimate of drug-likeness (QED) is 0.650. The molecule has 0 aromatic heterocycles. The molecule has 0 aromatic rings. The summed E-state index contributed by atoms with van der Waals surface area (Å²) >= 11 is 0. The van der Waals surface area contributed by atoms with Gasteiger partial charge in [-0.3, -0.25) is 4.79 Å². The molecule has 0 spiro atoms. The molecule has 2 heteroatoms. The van der Waals surface area contributed by atoms with Crippen LogP contribution in [0.15, 0.2) is 11.6 Å². The van der Waals surface area contributed by atoms with Gasteiger partial charge >= 0.3 is 0 Å². The number of nitrogens with one attached hydrogen (secondary N) is 1. The van der Waals surface area contributed by atoms with Crippen molar-refractivity contribution in [1.29, 1.82) is 0 Å². The molecule has 1 amide bonds. The van der Waals surface area contributed by atoms with E-state index < -0.39 is 0 Å². The van der Waals surface area contributed by atoms with E-state index in [0.717, 1.165) is 18.8 Å². The van der Waals surface area contributed by atoms with Gasteiger partial charge in [-0.25, -0.2) is 0 Å². The molecule has 13 heavy (non-hydrogen) atoms. The van der Waals surface area contributed by atoms with Crippen LogP contribution in [0.2, 0.25) is 0 Å². The Labute approximate surface area is 80.4 Å². The molecule has 1 N–H and O–H groups in total. The summed E-state index contributed by atoms with van der Waals surface area (Å²) in [5.74, 6) is 0.831. The van der Waals surface area contributed by atoms with Crippen LogP contribution in [-0.4, -0.2) is 11.9 Å². The van der Waals surface area contributed by atoms with Gasteiger partial charge in [-0.05, 0) is 39.0 Å². The summed E-state index contributed by atoms with van der Waals surface area (Å²) in [6.45, 7) is 6.20. The third-order valence-electron chi connectivity index (χ3n) is 2.34. The zero-order chi connectivity index (χ0) is 9.84. The summed E-state index contributed by atoms with van der Waals surface area (Å²) in [6, 6.07) is 0.239. The standard InChI is InChI=1S/C11H19NO/c1-8(2)12-11(13)7-10-5-4-9(3)6-10/h7-9H,4-6H2,1-3H3,(H,12,13)/b10-7-. The minimum absolute atomic E-state index is 0.0686. The summed E-state index contributed by atoms with van der Waals surface area (Å²) in [5, 5.41) is 2.87. The smallest absolute Gasteiger partial charge is 0.244 e. The van der Waals surface area contributed by atoms with Crippen molar-refractivity contribution < 1.29 is 4.79 Å². The summed E-state index contributed by atoms with van der Waals surface area (Å²) in [7, 11) is 0. The molecule has 1 aliphatic carbocycles. The fraction of sp³-hybridized carbons (Fsp3) is 0.727. The molecular formula is C11H19NO. The first-order chi connectivity index (χ1) is 6.08. The Kier molecular flexibility index (Phi) is 3.52. The molecule has 1 unspecified atom stereocenters. The Bertz CT molecular complexity index is 218. The minimum atomic E-state index is 0.0686. The lowest BCUT2D eigenvalue weighted by atomic mass is 10.1. The van der Waals surface area contributed by atoms with Crippen LogP contribution in [0.3, 0.4) is 0 Å². The Balaban J connectivity index is 2.42. The SMILES string of the molecule is CC1CC/C(=C/C(=O)NC(C)C)C1. The van der Waals surface area contributed by atoms with Gasteiger partial charge in [0.25, 0.3) is 0 Å². The third-order valence-corrected chi connectivity index (χ3v) is 2.34. The van der Waals surface area contributed by atoms with E-state index in [1.54, 1.807) is 6.08 Å². The Morgan fingerprint density at radius 3 is 2.77 bits per heavy atom. The average Bonchev–Trinajstić information content (AvgIpc) is 2.33. The van der Waals surface area contributed by atoms with Crippen LogP contribution < -0.4 is 5.32 Å². The maximum absolute atomic E-state index is 11.3. The lowest BCUT2D eigenvalue weighted by Crippen LogP contribution is -2.28. The molecule has 74 valence electrons. The van der Waals surface area contributed by atoms with Gasteiger partial charge in [-0.2, -0.15) is 0 Å². The van der Waals surface area contributed by atoms with Gasteiger partial charge < -0.3 is 5.32 Å². The normalized spacial score (nSPS) is 25.5. The molecule has 0 heterocycles. The Hall–Kier alpha value is -0.790. The second-order valence-corrected chi connectivity index (χ2v) is 4.31. The molecule has 1 atom stereocenters. The molecule has 0 aliphatic heterocycles. The van der Waals surface area contributed by atoms with E-state index in [-0.39, 0.29) is 11.9 Å². The van der Waals surface area contributed by atoms with E-state index >= 15 is 0 Å². The fourth-order valence-corrected chi connectivity index (χ4v) is 1.73. The van der Waals surface area contributed by atoms with Crippen molar-refractivity contribution >= 4 is 5.91 Å². The molecular weight excluding hydrogens is 162 g/mol. The maximum atomic E-state index is 11.3. The monoisotopic (exact) mass is 181 g/mol. The molecule has 1 aliphatic rings. The fourth-order valence-electron chi connectivity index (χ4n) is 1.73. The van der Waals surface area contributed by atoms with Crippen molar-refractivity contribution in [2.75, 3.05) is 0 Å². The summed E-state index contributed by atoms with van der Waals surface area (Å²) in [4.78, 5) is 11.3. The molecule has 1 fully saturated rings. The lowest BCUT2D eigenvalue weighted by Gasteiger charge is -2.05. The van der Waals surface area contributed by atoms with Gasteiger partial charge in [0.2, 0.25) is 5.91 Å². The number of allylic oxidation sites excluding steroid dienone is 1. The molecule has 0 aromatic carbocycles. The van der Waals surface area contributed by atoms with E-state index in [9.17, 15) is 4.79 Å². The number of carbonyl (C=O) groups excluding carboxylic acids is 1. The number of hydrogen-bond acceptors (Lipinski definition) is 1. The van der Waals surface area contributed by atoms with Crippen molar-refractivity contribution in [3.8, 4) is 0 Å². The van der Waals surface area contributed by atoms with Gasteiger partial charge in [0.05, 0.1) is 0 Å². The first-order valence-electron chi connectivity index (χ1n) is 5.08. The molecule has 2 nitrogen and oxygen atoms in total. The van der Waals surface area contributed by atoms with Gasteiger partial charge in [0, 0.05) is 12.1 Å². The zero-order valence-electron chi connectivity index (χ0n) is 8.76. The van der Waals surface area contributed by atoms with Crippen molar-refractivity contribution in [2.24, 2.45) is 5.92 Å². The largest absolute Gasteiger partial charge is 0.350 e. The summed E-state index contributed by atoms with van der Waals surface area (Å²) in [6.07, 6.45) is 5.22. The first-order valence-corrected chi connectivity index (χ1v) is 5.08. The lowest BCUT2D eigenvalue weighted by molar-refractivity contribution is -0.117. The number of carbonyl (C=O) groups is 1. The van der Waals surface area contributed by atoms with Gasteiger partial charge in [0.1, 0.15) is 0 Å². The van der Waals surface area contributed by atoms with Crippen molar-refractivity contribution in [1.82, 2.24) is 5.32 Å². The molecule has 0 bridgehead atoms. The Morgan fingerprint density at radius 1 is 1.62 bits per heavy atom. The molecule has 1 saturated carbocycles. The molecule has 0 saturated heterocycles. The number of amides is 1. The van der Waals surface area contributed by atoms with Gasteiger partial charge in [-0.15, -0.1) is 0 Å². The second kappa shape index (κ2) is 4.45. The minimum Gasteiger partial charge on any atom is -0.350 e. The Morgan fingerprint density at radius 2 is 2.31 bits per heavy atom. The van der Waals surface area contributed by atoms with Crippen LogP contribution in [-0.2, 0) is 4.79 Å². The average molecular weight is 181 g/mol. The highest BCUT2D eigenvalue weighted by atomic mass is 16.1. The van der Waals surface area contributed by atoms with E-state index in [1.165, 1.54) is 12.0 Å². The zero-order valence-corrected chi connectivity index (χ0v) is 8.76. The van der Waals surface area contributed by atoms with Crippen LogP contribution >= 0.6 is 0 Å². The summed E-state index contributed by atoms with van der Waals surface area (Å²) < 4.78 is 0. The number of rotatable bonds is 2. The van der Waals surface area contributed by atoms with E-state index in [0.29, 0.717) is 0 Å². The van der Waals surface area contributed by atoms with Crippen LogP contribution in [0.4, 0.5) is 0 Å². The topological polar surface area (TPSA) is 29.1 Å². The van der Waals surface area contributed by atoms with E-state index in [2.05, 4.69) is 12.2 Å². The van der Waals surface area contributed by atoms with Crippen molar-refractivity contribution in [3.63, 3.8) is 0 Å². The van der Waals surface area contributed by atoms with E-state index in [4.69, 9.17) is 0 Å². The van der Waals surface area contributed by atoms with E-state index in [1.807, 2.05) is 13.8 Å². The number of hydrogen-bond donors (Lipinski definition) is 1. The molecule has 0 radical (unpaired) electrons. The van der Waals surface area contributed by atoms with Crippen LogP contribution in [0.25, 0.3) is 0 Å². The second-order valence-electron chi connectivity index (χ2n) is 4.31. The van der Waals surface area contributed by atoms with Crippen LogP contribution in [0, 0.1) is 5.92 Å². The predicted octanol–water partition coefficient (Wildman–Crippen LogP) is 2.26. The highest BCUT2D eigenvalue weighted by molar-refractivity contribution is 5.88. The first kappa shape index (κ1) is 10.3. The van der Waals surface area contributed by atoms with Crippen molar-refractivity contribution in [3.05, 3.63) is 11.6 Å². The van der Waals surface area contributed by atoms with Crippen LogP contribution in [0.5, 0.6) is 0 Å². The molecule has 1 rings (SSSR count). The van der Waals surface area contributed by atoms with Gasteiger partial charge in [0.15, 0.2) is 0 Å². The summed E-state index contributed by atoms with van der Waals surface area (Å²) in [5.41, 5.74) is 1.31. The highest BCUT2D eigenvalue weighted by Gasteiger charge is 2.15. The van der Waals surface area contributed by atoms with Crippen molar-refractivity contribution in [2.45, 2.75) is 46.1 Å². The van der Waals surface area contributed by atoms with Crippen LogP contribution in [0.1, 0.15) is 40.0 Å². The highest BCUT2D eigenvalue weighted by Crippen LogP contribution is 2.29. The van der Waals surface area contributed by atoms with Gasteiger partial charge in [-0.1, -0.05) is 12.5 Å². The maximum Gasteiger partial charge on any atom is 0.244 e. The third kappa shape index (κ3) is 3.62. The predicted molar refractivity (Wildman–Crippen MR) is 54.4 cm³/mol.